The summed E-state index contributed by atoms with van der Waals surface area (Å²) in [7, 11) is 0. The number of piperidine rings is 2. The number of nitrogens with zero attached hydrogens (tertiary/aromatic N) is 1. The molecule has 0 unspecified atom stereocenters. The van der Waals surface area contributed by atoms with E-state index in [4.69, 9.17) is 11.6 Å². The third-order valence-electron chi connectivity index (χ3n) is 4.37. The van der Waals surface area contributed by atoms with Crippen LogP contribution in [0.4, 0.5) is 0 Å². The first-order chi connectivity index (χ1) is 6.36. The third kappa shape index (κ3) is 1.32. The Labute approximate surface area is 85.4 Å². The van der Waals surface area contributed by atoms with Gasteiger partial charge in [-0.2, -0.15) is 0 Å². The largest absolute Gasteiger partial charge is 0.296 e. The van der Waals surface area contributed by atoms with Crippen LogP contribution in [-0.4, -0.2) is 29.4 Å². The molecule has 4 rings (SSSR count). The molecule has 2 heteroatoms. The molecule has 0 aromatic carbocycles. The van der Waals surface area contributed by atoms with Crippen LogP contribution in [0.1, 0.15) is 32.1 Å². The highest BCUT2D eigenvalue weighted by Gasteiger charge is 2.46. The summed E-state index contributed by atoms with van der Waals surface area (Å²) in [6.45, 7) is 1.14. The summed E-state index contributed by atoms with van der Waals surface area (Å²) in [4.78, 5) is 2.71. The molecule has 13 heavy (non-hydrogen) atoms. The SMILES string of the molecule is ClCCN1[C@H]2C[C@H]3C[C@H](C2)C[C@H]1C3. The fourth-order valence-corrected chi connectivity index (χ4v) is 4.28. The molecule has 1 nitrogen and oxygen atoms in total. The zero-order valence-corrected chi connectivity index (χ0v) is 8.84. The standard InChI is InChI=1S/C11H18ClN/c12-1-2-13-10-4-8-3-9(6-10)7-11(13)5-8/h8-11H,1-7H2/t8-,9-,10-,11+. The van der Waals surface area contributed by atoms with E-state index in [1.54, 1.807) is 6.42 Å². The first-order valence-electron chi connectivity index (χ1n) is 5.68. The van der Waals surface area contributed by atoms with E-state index < -0.39 is 0 Å². The van der Waals surface area contributed by atoms with Gasteiger partial charge >= 0.3 is 0 Å². The van der Waals surface area contributed by atoms with Crippen molar-refractivity contribution in [2.45, 2.75) is 44.2 Å². The van der Waals surface area contributed by atoms with Crippen molar-refractivity contribution in [2.75, 3.05) is 12.4 Å². The second kappa shape index (κ2) is 3.13. The van der Waals surface area contributed by atoms with Gasteiger partial charge in [-0.15, -0.1) is 11.6 Å². The van der Waals surface area contributed by atoms with Crippen molar-refractivity contribution in [2.24, 2.45) is 11.8 Å². The molecule has 0 radical (unpaired) electrons. The van der Waals surface area contributed by atoms with E-state index in [2.05, 4.69) is 4.90 Å². The maximum atomic E-state index is 5.85. The van der Waals surface area contributed by atoms with Crippen molar-refractivity contribution < 1.29 is 0 Å². The molecule has 4 fully saturated rings. The summed E-state index contributed by atoms with van der Waals surface area (Å²) in [6.07, 6.45) is 7.45. The molecule has 4 bridgehead atoms. The molecule has 0 atom stereocenters. The Kier molecular flexibility index (Phi) is 2.06. The minimum absolute atomic E-state index is 0.822. The number of rotatable bonds is 2. The molecule has 2 saturated carbocycles. The summed E-state index contributed by atoms with van der Waals surface area (Å²) < 4.78 is 0. The van der Waals surface area contributed by atoms with Crippen molar-refractivity contribution in [3.63, 3.8) is 0 Å². The Bertz CT molecular complexity index is 176. The summed E-state index contributed by atoms with van der Waals surface area (Å²) in [5.74, 6) is 2.98. The number of hydrogen-bond acceptors (Lipinski definition) is 1. The van der Waals surface area contributed by atoms with Gasteiger partial charge in [0.15, 0.2) is 0 Å². The van der Waals surface area contributed by atoms with Crippen LogP contribution in [0, 0.1) is 11.8 Å². The van der Waals surface area contributed by atoms with Gasteiger partial charge < -0.3 is 0 Å². The van der Waals surface area contributed by atoms with Crippen molar-refractivity contribution in [1.29, 1.82) is 0 Å². The summed E-state index contributed by atoms with van der Waals surface area (Å²) in [5.41, 5.74) is 0. The summed E-state index contributed by atoms with van der Waals surface area (Å²) in [5, 5.41) is 0. The molecule has 2 saturated heterocycles. The van der Waals surface area contributed by atoms with E-state index in [1.165, 1.54) is 25.7 Å². The Morgan fingerprint density at radius 3 is 1.92 bits per heavy atom. The van der Waals surface area contributed by atoms with Crippen molar-refractivity contribution in [1.82, 2.24) is 4.90 Å². The van der Waals surface area contributed by atoms with Gasteiger partial charge in [-0.1, -0.05) is 0 Å². The highest BCUT2D eigenvalue weighted by Crippen LogP contribution is 2.48. The lowest BCUT2D eigenvalue weighted by Crippen LogP contribution is -2.58. The van der Waals surface area contributed by atoms with Crippen molar-refractivity contribution >= 4 is 11.6 Å². The monoisotopic (exact) mass is 199 g/mol. The van der Waals surface area contributed by atoms with Crippen LogP contribution in [0.3, 0.4) is 0 Å². The molecular weight excluding hydrogens is 182 g/mol. The quantitative estimate of drug-likeness (QED) is 0.618. The Morgan fingerprint density at radius 1 is 0.923 bits per heavy atom. The minimum atomic E-state index is 0.822. The first-order valence-corrected chi connectivity index (χ1v) is 6.22. The molecule has 0 N–H and O–H groups in total. The Morgan fingerprint density at radius 2 is 1.46 bits per heavy atom. The smallest absolute Gasteiger partial charge is 0.0351 e. The van der Waals surface area contributed by atoms with Crippen molar-refractivity contribution in [3.05, 3.63) is 0 Å². The molecule has 74 valence electrons. The second-order valence-corrected chi connectivity index (χ2v) is 5.52. The van der Waals surface area contributed by atoms with Gasteiger partial charge in [-0.25, -0.2) is 0 Å². The lowest BCUT2D eigenvalue weighted by molar-refractivity contribution is -0.0551. The zero-order chi connectivity index (χ0) is 8.84. The predicted molar refractivity (Wildman–Crippen MR) is 55.1 cm³/mol. The predicted octanol–water partition coefficient (Wildman–Crippen LogP) is 2.49. The highest BCUT2D eigenvalue weighted by molar-refractivity contribution is 6.18. The molecule has 2 aliphatic heterocycles. The van der Waals surface area contributed by atoms with Crippen LogP contribution in [0.5, 0.6) is 0 Å². The minimum Gasteiger partial charge on any atom is -0.296 e. The van der Waals surface area contributed by atoms with Gasteiger partial charge in [0.05, 0.1) is 0 Å². The normalized spacial score (nSPS) is 48.7. The highest BCUT2D eigenvalue weighted by atomic mass is 35.5. The zero-order valence-electron chi connectivity index (χ0n) is 8.08. The fourth-order valence-electron chi connectivity index (χ4n) is 4.08. The maximum absolute atomic E-state index is 5.85. The third-order valence-corrected chi connectivity index (χ3v) is 4.54. The summed E-state index contributed by atoms with van der Waals surface area (Å²) in [6, 6.07) is 1.82. The Balaban J connectivity index is 1.77. The van der Waals surface area contributed by atoms with Gasteiger partial charge in [0.1, 0.15) is 0 Å². The van der Waals surface area contributed by atoms with Gasteiger partial charge in [-0.05, 0) is 43.9 Å². The molecule has 0 aromatic heterocycles. The lowest BCUT2D eigenvalue weighted by Gasteiger charge is -2.56. The second-order valence-electron chi connectivity index (χ2n) is 5.15. The van der Waals surface area contributed by atoms with Crippen LogP contribution in [0.2, 0.25) is 0 Å². The number of alkyl halides is 1. The number of hydrogen-bond donors (Lipinski definition) is 0. The molecule has 4 aliphatic rings. The lowest BCUT2D eigenvalue weighted by atomic mass is 9.64. The van der Waals surface area contributed by atoms with E-state index in [9.17, 15) is 0 Å². The van der Waals surface area contributed by atoms with Crippen LogP contribution < -0.4 is 0 Å². The average molecular weight is 200 g/mol. The summed E-state index contributed by atoms with van der Waals surface area (Å²) >= 11 is 5.85. The molecule has 0 amide bonds. The Hall–Kier alpha value is 0.250. The van der Waals surface area contributed by atoms with Gasteiger partial charge in [-0.3, -0.25) is 4.90 Å². The van der Waals surface area contributed by atoms with E-state index in [0.717, 1.165) is 36.3 Å². The molecule has 0 spiro atoms. The van der Waals surface area contributed by atoms with Crippen LogP contribution in [0.25, 0.3) is 0 Å². The topological polar surface area (TPSA) is 3.24 Å². The van der Waals surface area contributed by atoms with Crippen molar-refractivity contribution in [3.8, 4) is 0 Å². The van der Waals surface area contributed by atoms with Gasteiger partial charge in [0.25, 0.3) is 0 Å². The van der Waals surface area contributed by atoms with E-state index >= 15 is 0 Å². The molecule has 2 aliphatic carbocycles. The van der Waals surface area contributed by atoms with Gasteiger partial charge in [0, 0.05) is 24.5 Å². The molecule has 2 heterocycles. The average Bonchev–Trinajstić information content (AvgIpc) is 2.10. The van der Waals surface area contributed by atoms with Crippen LogP contribution in [0.15, 0.2) is 0 Å². The molecular formula is C11H18ClN. The van der Waals surface area contributed by atoms with E-state index in [0.29, 0.717) is 0 Å². The molecule has 0 aromatic rings. The van der Waals surface area contributed by atoms with Gasteiger partial charge in [0.2, 0.25) is 0 Å². The first kappa shape index (κ1) is 8.55. The van der Waals surface area contributed by atoms with E-state index in [1.807, 2.05) is 0 Å². The fraction of sp³-hybridized carbons (Fsp3) is 1.00. The number of halogens is 1. The van der Waals surface area contributed by atoms with Crippen LogP contribution in [-0.2, 0) is 0 Å². The van der Waals surface area contributed by atoms with Crippen LogP contribution >= 0.6 is 11.6 Å². The maximum Gasteiger partial charge on any atom is 0.0351 e. The van der Waals surface area contributed by atoms with E-state index in [-0.39, 0.29) is 0 Å².